The van der Waals surface area contributed by atoms with Crippen molar-refractivity contribution in [3.05, 3.63) is 35.8 Å². The zero-order valence-corrected chi connectivity index (χ0v) is 21.4. The van der Waals surface area contributed by atoms with Gasteiger partial charge in [-0.05, 0) is 29.6 Å². The molecule has 24 heavy (non-hydrogen) atoms. The summed E-state index contributed by atoms with van der Waals surface area (Å²) in [6.45, 7) is 12.5. The summed E-state index contributed by atoms with van der Waals surface area (Å²) in [6, 6.07) is 0. The molecule has 1 rings (SSSR count). The van der Waals surface area contributed by atoms with Crippen LogP contribution in [0.15, 0.2) is 0 Å². The summed E-state index contributed by atoms with van der Waals surface area (Å²) in [4.78, 5) is 9.71. The van der Waals surface area contributed by atoms with Crippen LogP contribution in [0.5, 0.6) is 0 Å². The van der Waals surface area contributed by atoms with E-state index in [1.807, 2.05) is 19.8 Å². The first kappa shape index (κ1) is 30.4. The van der Waals surface area contributed by atoms with Crippen LogP contribution < -0.4 is 0 Å². The first-order valence-electron chi connectivity index (χ1n) is 6.85. The molecular formula is C16H29IO4PRhS+. The molecule has 0 aromatic heterocycles. The van der Waals surface area contributed by atoms with E-state index in [4.69, 9.17) is 0 Å². The van der Waals surface area contributed by atoms with Crippen LogP contribution in [0.1, 0.15) is 41.5 Å². The van der Waals surface area contributed by atoms with Gasteiger partial charge < -0.3 is 13.6 Å². The molecule has 0 spiro atoms. The van der Waals surface area contributed by atoms with E-state index in [2.05, 4.69) is 69.2 Å². The van der Waals surface area contributed by atoms with Gasteiger partial charge in [0.2, 0.25) is 0 Å². The minimum atomic E-state index is -1.05. The van der Waals surface area contributed by atoms with Crippen LogP contribution in [0.3, 0.4) is 0 Å². The summed E-state index contributed by atoms with van der Waals surface area (Å²) in [7, 11) is 3.57. The van der Waals surface area contributed by atoms with Crippen molar-refractivity contribution in [3.8, 4) is 0 Å². The molecule has 0 bridgehead atoms. The summed E-state index contributed by atoms with van der Waals surface area (Å²) in [5, 5.41) is 0.0602. The fourth-order valence-corrected chi connectivity index (χ4v) is 2.08. The predicted molar refractivity (Wildman–Crippen MR) is 110 cm³/mol. The second-order valence-electron chi connectivity index (χ2n) is 4.53. The van der Waals surface area contributed by atoms with Gasteiger partial charge in [-0.25, -0.2) is 0 Å². The third-order valence-corrected chi connectivity index (χ3v) is 4.76. The van der Waals surface area contributed by atoms with E-state index in [-0.39, 0.29) is 5.12 Å². The Labute approximate surface area is 176 Å². The molecule has 0 amide bonds. The molecule has 143 valence electrons. The van der Waals surface area contributed by atoms with Gasteiger partial charge in [0, 0.05) is 28.3 Å². The molecule has 0 saturated heterocycles. The fourth-order valence-electron chi connectivity index (χ4n) is 1.63. The van der Waals surface area contributed by atoms with E-state index in [0.717, 1.165) is 11.8 Å². The van der Waals surface area contributed by atoms with Crippen molar-refractivity contribution in [2.24, 2.45) is 0 Å². The molecular weight excluding hydrogens is 549 g/mol. The van der Waals surface area contributed by atoms with Crippen molar-refractivity contribution in [3.63, 3.8) is 0 Å². The average Bonchev–Trinajstić information content (AvgIpc) is 2.77. The Morgan fingerprint density at radius 1 is 0.875 bits per heavy atom. The molecule has 1 aliphatic rings. The third kappa shape index (κ3) is 13.8. The molecule has 1 aliphatic carbocycles. The Kier molecular flexibility index (Phi) is 24.6. The summed E-state index contributed by atoms with van der Waals surface area (Å²) < 4.78 is 14.0. The average molecular weight is 578 g/mol. The quantitative estimate of drug-likeness (QED) is 0.176. The van der Waals surface area contributed by atoms with Crippen molar-refractivity contribution in [2.75, 3.05) is 21.3 Å². The van der Waals surface area contributed by atoms with E-state index in [9.17, 15) is 4.79 Å². The second-order valence-corrected chi connectivity index (χ2v) is 6.94. The van der Waals surface area contributed by atoms with Crippen LogP contribution in [-0.2, 0) is 33.2 Å². The first-order valence-corrected chi connectivity index (χ1v) is 13.8. The van der Waals surface area contributed by atoms with Gasteiger partial charge in [0.15, 0.2) is 5.12 Å². The molecule has 8 heteroatoms. The molecule has 1 fully saturated rings. The fraction of sp³-hybridized carbons (Fsp3) is 0.562. The van der Waals surface area contributed by atoms with Gasteiger partial charge in [-0.3, -0.25) is 22.8 Å². The Hall–Kier alpha value is 1.68. The number of rotatable bonds is 3. The Bertz CT molecular complexity index is 249. The van der Waals surface area contributed by atoms with Gasteiger partial charge in [-0.1, -0.05) is 34.6 Å². The Morgan fingerprint density at radius 2 is 1.04 bits per heavy atom. The monoisotopic (exact) mass is 578 g/mol. The second kappa shape index (κ2) is 19.4. The number of thioether (sulfide) groups is 1. The Balaban J connectivity index is -0.000000278. The van der Waals surface area contributed by atoms with Crippen molar-refractivity contribution < 1.29 is 33.2 Å². The summed E-state index contributed by atoms with van der Waals surface area (Å²) in [6.07, 6.45) is 3.25. The summed E-state index contributed by atoms with van der Waals surface area (Å²) in [5.41, 5.74) is 0. The molecule has 0 unspecified atom stereocenters. The predicted octanol–water partition coefficient (Wildman–Crippen LogP) is 6.07. The normalized spacial score (nSPS) is 16.7. The van der Waals surface area contributed by atoms with Crippen LogP contribution >= 0.6 is 40.1 Å². The van der Waals surface area contributed by atoms with Crippen molar-refractivity contribution >= 4 is 45.2 Å². The van der Waals surface area contributed by atoms with Crippen LogP contribution in [0.4, 0.5) is 0 Å². The van der Waals surface area contributed by atoms with Gasteiger partial charge in [0.05, 0.1) is 0 Å². The number of carbonyl (C=O) groups is 1. The molecule has 0 aromatic rings. The molecule has 0 atom stereocenters. The molecule has 0 heterocycles. The zero-order valence-electron chi connectivity index (χ0n) is 15.9. The standard InChI is InChI=1S/C10H15.C3H9O3P.C3H5OS.HI.Rh/c1-6-7(2)9(4)10(5)8(6)3;1-4-7(5-2)6-3;1-3(4)5-2;;/h1-5H3;1-3H3;2H2,1H3;1H;/q;;-1;;+3/p-1. The van der Waals surface area contributed by atoms with E-state index in [1.165, 1.54) is 36.5 Å². The molecule has 0 N–H and O–H groups in total. The van der Waals surface area contributed by atoms with Gasteiger partial charge in [-0.15, -0.1) is 0 Å². The molecule has 1 saturated carbocycles. The topological polar surface area (TPSA) is 44.8 Å². The van der Waals surface area contributed by atoms with Crippen molar-refractivity contribution in [2.45, 2.75) is 41.5 Å². The molecule has 0 aliphatic heterocycles. The first-order chi connectivity index (χ1) is 11.2. The van der Waals surface area contributed by atoms with Crippen molar-refractivity contribution in [1.82, 2.24) is 0 Å². The van der Waals surface area contributed by atoms with Gasteiger partial charge in [0.25, 0.3) is 0 Å². The van der Waals surface area contributed by atoms with E-state index >= 15 is 0 Å². The van der Waals surface area contributed by atoms with Gasteiger partial charge >= 0.3 is 43.1 Å². The van der Waals surface area contributed by atoms with Gasteiger partial charge in [-0.2, -0.15) is 0 Å². The van der Waals surface area contributed by atoms with Crippen LogP contribution in [0, 0.1) is 35.8 Å². The molecule has 0 aromatic carbocycles. The maximum atomic E-state index is 9.71. The molecule has 5 radical (unpaired) electrons. The van der Waals surface area contributed by atoms with Crippen LogP contribution in [-0.4, -0.2) is 26.4 Å². The number of hydrogen-bond donors (Lipinski definition) is 0. The van der Waals surface area contributed by atoms with Crippen LogP contribution in [0.25, 0.3) is 0 Å². The zero-order chi connectivity index (χ0) is 19.9. The maximum absolute atomic E-state index is 9.71. The van der Waals surface area contributed by atoms with Crippen LogP contribution in [0.2, 0.25) is 0 Å². The van der Waals surface area contributed by atoms with Gasteiger partial charge in [0.1, 0.15) is 0 Å². The molecule has 4 nitrogen and oxygen atoms in total. The number of halogens is 1. The van der Waals surface area contributed by atoms with E-state index < -0.39 is 8.60 Å². The number of hydrogen-bond acceptors (Lipinski definition) is 5. The van der Waals surface area contributed by atoms with Crippen molar-refractivity contribution in [1.29, 1.82) is 0 Å². The Morgan fingerprint density at radius 3 is 1.08 bits per heavy atom. The summed E-state index contributed by atoms with van der Waals surface area (Å²) in [5.74, 6) is 7.34. The van der Waals surface area contributed by atoms with E-state index in [0.29, 0.717) is 0 Å². The third-order valence-electron chi connectivity index (χ3n) is 3.46. The summed E-state index contributed by atoms with van der Waals surface area (Å²) >= 11 is 5.55. The van der Waals surface area contributed by atoms with E-state index in [1.54, 1.807) is 21.3 Å². The SMILES string of the molecule is COP(OC)OC.C[C]1[C](C)[C](C)[C](C)[C]1C.[CH2-]SC(C)=O.[Rh+2][I]. The minimum absolute atomic E-state index is 0.0602. The number of carbonyl (C=O) groups excluding carboxylic acids is 1.